The standard InChI is InChI=1S/C18H21N5O5S2/c1-10-4-3-5-12(6-10)29-18-21-15-16(22-18)19-9-20-17(15)28-11-7-13(14(24)8-11)23(2)30(25,26)27/h3-6,9,11,13-14,24H,7-8H2,1-2H3,(H,25,26,27)(H,19,20,21,22)/t11-,13+,14+/m1/s1. The molecule has 1 saturated carbocycles. The highest BCUT2D eigenvalue weighted by Crippen LogP contribution is 2.32. The van der Waals surface area contributed by atoms with Crippen molar-refractivity contribution in [3.05, 3.63) is 36.2 Å². The van der Waals surface area contributed by atoms with Crippen molar-refractivity contribution in [3.63, 3.8) is 0 Å². The Labute approximate surface area is 177 Å². The van der Waals surface area contributed by atoms with Gasteiger partial charge in [0.25, 0.3) is 0 Å². The van der Waals surface area contributed by atoms with Gasteiger partial charge in [-0.25, -0.2) is 9.97 Å². The largest absolute Gasteiger partial charge is 0.473 e. The van der Waals surface area contributed by atoms with E-state index < -0.39 is 28.6 Å². The summed E-state index contributed by atoms with van der Waals surface area (Å²) in [5.74, 6) is 0.274. The normalized spacial score (nSPS) is 22.1. The van der Waals surface area contributed by atoms with Gasteiger partial charge in [0.2, 0.25) is 5.88 Å². The molecular weight excluding hydrogens is 430 g/mol. The van der Waals surface area contributed by atoms with Gasteiger partial charge in [-0.2, -0.15) is 17.7 Å². The molecule has 0 saturated heterocycles. The number of aryl methyl sites for hydroxylation is 1. The lowest BCUT2D eigenvalue weighted by atomic mass is 10.2. The Bertz CT molecular complexity index is 1170. The van der Waals surface area contributed by atoms with Gasteiger partial charge in [-0.3, -0.25) is 4.55 Å². The van der Waals surface area contributed by atoms with E-state index in [0.29, 0.717) is 16.3 Å². The van der Waals surface area contributed by atoms with E-state index in [-0.39, 0.29) is 18.7 Å². The van der Waals surface area contributed by atoms with Gasteiger partial charge < -0.3 is 14.8 Å². The molecule has 2 heterocycles. The number of nitrogens with one attached hydrogen (secondary N) is 1. The zero-order chi connectivity index (χ0) is 21.5. The fourth-order valence-corrected chi connectivity index (χ4v) is 4.95. The number of nitrogens with zero attached hydrogens (tertiary/aromatic N) is 4. The highest BCUT2D eigenvalue weighted by atomic mass is 32.2. The lowest BCUT2D eigenvalue weighted by molar-refractivity contribution is 0.113. The summed E-state index contributed by atoms with van der Waals surface area (Å²) < 4.78 is 38.7. The van der Waals surface area contributed by atoms with Crippen molar-refractivity contribution >= 4 is 33.2 Å². The quantitative estimate of drug-likeness (QED) is 0.478. The minimum absolute atomic E-state index is 0.203. The van der Waals surface area contributed by atoms with Crippen LogP contribution in [0.3, 0.4) is 0 Å². The number of ether oxygens (including phenoxy) is 1. The molecule has 0 spiro atoms. The SMILES string of the molecule is Cc1cccc(Sc2nc3ncnc(O[C@H]4C[C@H](O)[C@@H](N(C)S(=O)(=O)O)C4)c3[nH]2)c1. The van der Waals surface area contributed by atoms with E-state index in [1.54, 1.807) is 0 Å². The first kappa shape index (κ1) is 21.0. The summed E-state index contributed by atoms with van der Waals surface area (Å²) in [5.41, 5.74) is 2.11. The van der Waals surface area contributed by atoms with Crippen LogP contribution >= 0.6 is 11.8 Å². The molecule has 1 fully saturated rings. The van der Waals surface area contributed by atoms with Crippen molar-refractivity contribution in [1.29, 1.82) is 0 Å². The molecule has 160 valence electrons. The van der Waals surface area contributed by atoms with Crippen LogP contribution in [0.25, 0.3) is 11.2 Å². The monoisotopic (exact) mass is 451 g/mol. The van der Waals surface area contributed by atoms with Crippen molar-refractivity contribution in [2.24, 2.45) is 0 Å². The number of rotatable bonds is 6. The number of aliphatic hydroxyl groups is 1. The molecule has 1 aromatic carbocycles. The molecule has 0 radical (unpaired) electrons. The number of aliphatic hydroxyl groups excluding tert-OH is 1. The third-order valence-electron chi connectivity index (χ3n) is 5.00. The smallest absolute Gasteiger partial charge is 0.335 e. The predicted molar refractivity (Wildman–Crippen MR) is 110 cm³/mol. The summed E-state index contributed by atoms with van der Waals surface area (Å²) in [6.45, 7) is 2.02. The number of imidazole rings is 1. The molecule has 1 aliphatic carbocycles. The van der Waals surface area contributed by atoms with Crippen LogP contribution in [-0.2, 0) is 10.3 Å². The Hall–Kier alpha value is -2.25. The molecule has 4 rings (SSSR count). The van der Waals surface area contributed by atoms with E-state index in [1.165, 1.54) is 25.1 Å². The topological polar surface area (TPSA) is 142 Å². The minimum Gasteiger partial charge on any atom is -0.473 e. The maximum absolute atomic E-state index is 11.4. The van der Waals surface area contributed by atoms with Gasteiger partial charge in [0.05, 0.1) is 12.1 Å². The molecule has 0 amide bonds. The lowest BCUT2D eigenvalue weighted by Gasteiger charge is -2.22. The van der Waals surface area contributed by atoms with Gasteiger partial charge in [0.1, 0.15) is 17.9 Å². The Kier molecular flexibility index (Phi) is 5.68. The maximum Gasteiger partial charge on any atom is 0.335 e. The molecule has 10 nitrogen and oxygen atoms in total. The fourth-order valence-electron chi connectivity index (χ4n) is 3.48. The van der Waals surface area contributed by atoms with Gasteiger partial charge in [-0.15, -0.1) is 0 Å². The van der Waals surface area contributed by atoms with Crippen LogP contribution < -0.4 is 4.74 Å². The van der Waals surface area contributed by atoms with Crippen molar-refractivity contribution < 1.29 is 22.8 Å². The highest BCUT2D eigenvalue weighted by Gasteiger charge is 2.40. The van der Waals surface area contributed by atoms with Crippen molar-refractivity contribution in [2.45, 2.75) is 48.1 Å². The van der Waals surface area contributed by atoms with Crippen molar-refractivity contribution in [2.75, 3.05) is 7.05 Å². The van der Waals surface area contributed by atoms with Crippen LogP contribution in [0.5, 0.6) is 5.88 Å². The molecule has 0 bridgehead atoms. The van der Waals surface area contributed by atoms with E-state index in [4.69, 9.17) is 4.74 Å². The number of H-pyrrole nitrogens is 1. The second kappa shape index (κ2) is 8.12. The van der Waals surface area contributed by atoms with E-state index in [9.17, 15) is 18.1 Å². The lowest BCUT2D eigenvalue weighted by Crippen LogP contribution is -2.41. The number of benzene rings is 1. The van der Waals surface area contributed by atoms with E-state index in [2.05, 4.69) is 19.9 Å². The highest BCUT2D eigenvalue weighted by molar-refractivity contribution is 7.99. The fraction of sp³-hybridized carbons (Fsp3) is 0.389. The third-order valence-corrected chi connectivity index (χ3v) is 6.87. The molecule has 3 atom stereocenters. The van der Waals surface area contributed by atoms with E-state index in [1.807, 2.05) is 31.2 Å². The second-order valence-electron chi connectivity index (χ2n) is 7.18. The Morgan fingerprint density at radius 2 is 2.10 bits per heavy atom. The van der Waals surface area contributed by atoms with Crippen molar-refractivity contribution in [1.82, 2.24) is 24.2 Å². The molecule has 0 aliphatic heterocycles. The molecule has 1 aliphatic rings. The van der Waals surface area contributed by atoms with Crippen LogP contribution in [0, 0.1) is 6.92 Å². The van der Waals surface area contributed by atoms with Crippen LogP contribution in [0.4, 0.5) is 0 Å². The first-order valence-corrected chi connectivity index (χ1v) is 11.4. The van der Waals surface area contributed by atoms with Crippen LogP contribution in [-0.4, -0.2) is 67.6 Å². The van der Waals surface area contributed by atoms with Crippen LogP contribution in [0.1, 0.15) is 18.4 Å². The summed E-state index contributed by atoms with van der Waals surface area (Å²) >= 11 is 1.46. The number of likely N-dealkylation sites (N-methyl/N-ethyl adjacent to an activating group) is 1. The van der Waals surface area contributed by atoms with E-state index >= 15 is 0 Å². The molecule has 30 heavy (non-hydrogen) atoms. The van der Waals surface area contributed by atoms with Gasteiger partial charge in [-0.05, 0) is 19.1 Å². The van der Waals surface area contributed by atoms with Crippen LogP contribution in [0.15, 0.2) is 40.6 Å². The average Bonchev–Trinajstić information content (AvgIpc) is 3.23. The summed E-state index contributed by atoms with van der Waals surface area (Å²) in [6, 6.07) is 7.24. The first-order chi connectivity index (χ1) is 14.2. The maximum atomic E-state index is 11.4. The number of fused-ring (bicyclic) bond motifs is 1. The Morgan fingerprint density at radius 3 is 2.83 bits per heavy atom. The second-order valence-corrected chi connectivity index (χ2v) is 9.71. The van der Waals surface area contributed by atoms with Crippen molar-refractivity contribution in [3.8, 4) is 5.88 Å². The summed E-state index contributed by atoms with van der Waals surface area (Å²) in [4.78, 5) is 17.0. The number of hydrogen-bond acceptors (Lipinski definition) is 8. The third kappa shape index (κ3) is 4.42. The van der Waals surface area contributed by atoms with Gasteiger partial charge in [0.15, 0.2) is 10.8 Å². The van der Waals surface area contributed by atoms with Gasteiger partial charge in [-0.1, -0.05) is 29.5 Å². The van der Waals surface area contributed by atoms with Gasteiger partial charge >= 0.3 is 10.3 Å². The molecule has 0 unspecified atom stereocenters. The van der Waals surface area contributed by atoms with Crippen LogP contribution in [0.2, 0.25) is 0 Å². The number of aromatic amines is 1. The predicted octanol–water partition coefficient (Wildman–Crippen LogP) is 1.82. The molecular formula is C18H21N5O5S2. The Balaban J connectivity index is 1.53. The average molecular weight is 452 g/mol. The molecule has 12 heteroatoms. The van der Waals surface area contributed by atoms with E-state index in [0.717, 1.165) is 14.8 Å². The summed E-state index contributed by atoms with van der Waals surface area (Å²) in [5, 5.41) is 10.9. The summed E-state index contributed by atoms with van der Waals surface area (Å²) in [7, 11) is -3.19. The molecule has 2 aromatic heterocycles. The first-order valence-electron chi connectivity index (χ1n) is 9.21. The summed E-state index contributed by atoms with van der Waals surface area (Å²) in [6.07, 6.45) is 0.307. The zero-order valence-corrected chi connectivity index (χ0v) is 17.9. The number of aromatic nitrogens is 4. The van der Waals surface area contributed by atoms with Gasteiger partial charge in [0, 0.05) is 24.8 Å². The zero-order valence-electron chi connectivity index (χ0n) is 16.3. The number of hydrogen-bond donors (Lipinski definition) is 3. The molecule has 3 aromatic rings. The molecule has 3 N–H and O–H groups in total. The minimum atomic E-state index is -4.41. The Morgan fingerprint density at radius 1 is 1.30 bits per heavy atom.